The van der Waals surface area contributed by atoms with Crippen LogP contribution in [0.2, 0.25) is 0 Å². The number of ether oxygens (including phenoxy) is 1. The van der Waals surface area contributed by atoms with Gasteiger partial charge in [-0.15, -0.1) is 5.10 Å². The molecule has 0 aliphatic heterocycles. The van der Waals surface area contributed by atoms with E-state index in [1.54, 1.807) is 6.92 Å². The molecule has 0 spiro atoms. The van der Waals surface area contributed by atoms with Crippen LogP contribution >= 0.6 is 11.3 Å². The van der Waals surface area contributed by atoms with Gasteiger partial charge in [-0.1, -0.05) is 11.3 Å². The summed E-state index contributed by atoms with van der Waals surface area (Å²) in [6.07, 6.45) is 0. The number of hydrogen-bond acceptors (Lipinski definition) is 7. The van der Waals surface area contributed by atoms with Gasteiger partial charge in [0.2, 0.25) is 10.1 Å². The first-order chi connectivity index (χ1) is 9.60. The second-order valence-corrected chi connectivity index (χ2v) is 4.89. The molecule has 2 aromatic rings. The van der Waals surface area contributed by atoms with Crippen LogP contribution in [0.5, 0.6) is 0 Å². The number of hydrogen-bond donors (Lipinski definition) is 0. The van der Waals surface area contributed by atoms with E-state index < -0.39 is 11.5 Å². The van der Waals surface area contributed by atoms with E-state index in [1.807, 2.05) is 18.7 Å². The van der Waals surface area contributed by atoms with Crippen LogP contribution in [0.15, 0.2) is 10.9 Å². The van der Waals surface area contributed by atoms with E-state index in [2.05, 4.69) is 10.1 Å². The summed E-state index contributed by atoms with van der Waals surface area (Å²) in [5.74, 6) is -0.571. The number of aromatic nitrogens is 3. The Bertz CT molecular complexity index is 675. The predicted molar refractivity (Wildman–Crippen MR) is 76.7 cm³/mol. The van der Waals surface area contributed by atoms with Crippen LogP contribution in [-0.2, 0) is 4.74 Å². The molecule has 108 valence electrons. The zero-order chi connectivity index (χ0) is 14.7. The van der Waals surface area contributed by atoms with Crippen molar-refractivity contribution in [3.05, 3.63) is 22.1 Å². The molecule has 0 amide bonds. The Morgan fingerprint density at radius 1 is 1.40 bits per heavy atom. The zero-order valence-electron chi connectivity index (χ0n) is 11.6. The number of fused-ring (bicyclic) bond motifs is 1. The Kier molecular flexibility index (Phi) is 4.33. The summed E-state index contributed by atoms with van der Waals surface area (Å²) in [4.78, 5) is 29.7. The fraction of sp³-hybridized carbons (Fsp3) is 0.500. The summed E-state index contributed by atoms with van der Waals surface area (Å²) in [5.41, 5.74) is -0.362. The molecule has 0 aromatic carbocycles. The first kappa shape index (κ1) is 14.4. The predicted octanol–water partition coefficient (Wildman–Crippen LogP) is 1.17. The summed E-state index contributed by atoms with van der Waals surface area (Å²) in [7, 11) is 0. The van der Waals surface area contributed by atoms with Gasteiger partial charge in [0.25, 0.3) is 5.56 Å². The molecule has 7 nitrogen and oxygen atoms in total. The Morgan fingerprint density at radius 3 is 2.70 bits per heavy atom. The van der Waals surface area contributed by atoms with Gasteiger partial charge in [0, 0.05) is 19.2 Å². The van der Waals surface area contributed by atoms with Gasteiger partial charge in [0.15, 0.2) is 5.69 Å². The molecule has 0 atom stereocenters. The molecule has 2 aromatic heterocycles. The first-order valence-electron chi connectivity index (χ1n) is 6.43. The Morgan fingerprint density at radius 2 is 2.10 bits per heavy atom. The van der Waals surface area contributed by atoms with Crippen molar-refractivity contribution in [1.29, 1.82) is 0 Å². The van der Waals surface area contributed by atoms with Crippen molar-refractivity contribution < 1.29 is 9.53 Å². The Labute approximate surface area is 119 Å². The highest BCUT2D eigenvalue weighted by Gasteiger charge is 2.18. The van der Waals surface area contributed by atoms with E-state index in [0.717, 1.165) is 24.3 Å². The fourth-order valence-corrected chi connectivity index (χ4v) is 2.81. The lowest BCUT2D eigenvalue weighted by atomic mass is 10.4. The minimum Gasteiger partial charge on any atom is -0.461 e. The van der Waals surface area contributed by atoms with Crippen LogP contribution in [0.4, 0.5) is 5.13 Å². The number of rotatable bonds is 5. The molecule has 2 heterocycles. The maximum absolute atomic E-state index is 11.9. The van der Waals surface area contributed by atoms with Gasteiger partial charge in [-0.05, 0) is 20.8 Å². The number of nitrogens with zero attached hydrogens (tertiary/aromatic N) is 4. The molecule has 0 fully saturated rings. The third kappa shape index (κ3) is 2.64. The first-order valence-corrected chi connectivity index (χ1v) is 7.25. The molecular weight excluding hydrogens is 280 g/mol. The van der Waals surface area contributed by atoms with Gasteiger partial charge in [0.1, 0.15) is 0 Å². The monoisotopic (exact) mass is 296 g/mol. The normalized spacial score (nSPS) is 10.8. The van der Waals surface area contributed by atoms with Crippen LogP contribution in [0.3, 0.4) is 0 Å². The van der Waals surface area contributed by atoms with Gasteiger partial charge in [0.05, 0.1) is 6.61 Å². The number of esters is 1. The molecule has 0 saturated carbocycles. The van der Waals surface area contributed by atoms with Gasteiger partial charge in [-0.25, -0.2) is 4.79 Å². The average Bonchev–Trinajstić information content (AvgIpc) is 2.82. The summed E-state index contributed by atoms with van der Waals surface area (Å²) in [5, 5.41) is 5.08. The van der Waals surface area contributed by atoms with E-state index >= 15 is 0 Å². The molecule has 8 heteroatoms. The SMILES string of the molecule is CCOC(=O)c1cc(=O)nc2sc(N(CC)CC)nn12. The quantitative estimate of drug-likeness (QED) is 0.771. The maximum Gasteiger partial charge on any atom is 0.357 e. The summed E-state index contributed by atoms with van der Waals surface area (Å²) < 4.78 is 6.31. The van der Waals surface area contributed by atoms with E-state index in [0.29, 0.717) is 4.96 Å². The van der Waals surface area contributed by atoms with Gasteiger partial charge < -0.3 is 9.64 Å². The molecule has 0 radical (unpaired) electrons. The lowest BCUT2D eigenvalue weighted by Crippen LogP contribution is -2.22. The van der Waals surface area contributed by atoms with Crippen molar-refractivity contribution in [3.8, 4) is 0 Å². The number of carbonyl (C=O) groups excluding carboxylic acids is 1. The van der Waals surface area contributed by atoms with Crippen molar-refractivity contribution in [2.45, 2.75) is 20.8 Å². The van der Waals surface area contributed by atoms with Gasteiger partial charge in [-0.3, -0.25) is 4.79 Å². The summed E-state index contributed by atoms with van der Waals surface area (Å²) in [6.45, 7) is 7.55. The van der Waals surface area contributed by atoms with Crippen LogP contribution in [0.1, 0.15) is 31.3 Å². The van der Waals surface area contributed by atoms with E-state index in [9.17, 15) is 9.59 Å². The molecule has 0 aliphatic carbocycles. The minimum atomic E-state index is -0.571. The molecule has 0 aliphatic rings. The second kappa shape index (κ2) is 6.00. The van der Waals surface area contributed by atoms with E-state index in [-0.39, 0.29) is 12.3 Å². The third-order valence-corrected chi connectivity index (χ3v) is 3.73. The molecule has 20 heavy (non-hydrogen) atoms. The van der Waals surface area contributed by atoms with Gasteiger partial charge >= 0.3 is 5.97 Å². The van der Waals surface area contributed by atoms with E-state index in [1.165, 1.54) is 15.9 Å². The van der Waals surface area contributed by atoms with Crippen molar-refractivity contribution in [1.82, 2.24) is 14.6 Å². The highest BCUT2D eigenvalue weighted by atomic mass is 32.1. The Balaban J connectivity index is 2.58. The topological polar surface area (TPSA) is 76.8 Å². The lowest BCUT2D eigenvalue weighted by Gasteiger charge is -2.15. The largest absolute Gasteiger partial charge is 0.461 e. The molecular formula is C12H16N4O3S. The smallest absolute Gasteiger partial charge is 0.357 e. The number of carbonyl (C=O) groups is 1. The zero-order valence-corrected chi connectivity index (χ0v) is 12.4. The highest BCUT2D eigenvalue weighted by Crippen LogP contribution is 2.22. The fourth-order valence-electron chi connectivity index (χ4n) is 1.78. The lowest BCUT2D eigenvalue weighted by molar-refractivity contribution is 0.0516. The second-order valence-electron chi connectivity index (χ2n) is 3.95. The minimum absolute atomic E-state index is 0.108. The number of anilines is 1. The molecule has 0 saturated heterocycles. The van der Waals surface area contributed by atoms with Crippen molar-refractivity contribution in [2.75, 3.05) is 24.6 Å². The Hall–Kier alpha value is -1.96. The van der Waals surface area contributed by atoms with Crippen molar-refractivity contribution in [2.24, 2.45) is 0 Å². The van der Waals surface area contributed by atoms with Crippen LogP contribution in [0.25, 0.3) is 4.96 Å². The standard InChI is InChI=1S/C12H16N4O3S/c1-4-15(5-2)12-14-16-8(10(18)19-6-3)7-9(17)13-11(16)20-12/h7H,4-6H2,1-3H3. The third-order valence-electron chi connectivity index (χ3n) is 2.76. The van der Waals surface area contributed by atoms with Crippen LogP contribution in [0, 0.1) is 0 Å². The molecule has 0 N–H and O–H groups in total. The summed E-state index contributed by atoms with van der Waals surface area (Å²) >= 11 is 1.28. The van der Waals surface area contributed by atoms with Crippen LogP contribution < -0.4 is 10.5 Å². The maximum atomic E-state index is 11.9. The van der Waals surface area contributed by atoms with Crippen molar-refractivity contribution in [3.63, 3.8) is 0 Å². The summed E-state index contributed by atoms with van der Waals surface area (Å²) in [6, 6.07) is 1.15. The van der Waals surface area contributed by atoms with Crippen molar-refractivity contribution >= 4 is 27.4 Å². The van der Waals surface area contributed by atoms with Crippen LogP contribution in [-0.4, -0.2) is 40.3 Å². The average molecular weight is 296 g/mol. The molecule has 2 rings (SSSR count). The highest BCUT2D eigenvalue weighted by molar-refractivity contribution is 7.20. The van der Waals surface area contributed by atoms with Gasteiger partial charge in [-0.2, -0.15) is 9.50 Å². The molecule has 0 unspecified atom stereocenters. The molecule has 0 bridgehead atoms. The van der Waals surface area contributed by atoms with E-state index in [4.69, 9.17) is 4.74 Å².